The van der Waals surface area contributed by atoms with Gasteiger partial charge in [-0.3, -0.25) is 0 Å². The van der Waals surface area contributed by atoms with Crippen molar-refractivity contribution >= 4 is 36.1 Å². The number of ether oxygens (including phenoxy) is 3. The molecule has 0 heterocycles. The molecule has 12 nitrogen and oxygen atoms in total. The maximum atomic E-state index is 10.2. The Balaban J connectivity index is 0.000000608. The van der Waals surface area contributed by atoms with E-state index in [4.69, 9.17) is 29.5 Å². The van der Waals surface area contributed by atoms with Gasteiger partial charge in [-0.15, -0.1) is 0 Å². The molecule has 225 valence electrons. The summed E-state index contributed by atoms with van der Waals surface area (Å²) in [6.45, 7) is 0. The van der Waals surface area contributed by atoms with Gasteiger partial charge in [0.1, 0.15) is 0 Å². The largest absolute Gasteiger partial charge is 0.504 e. The third-order valence-corrected chi connectivity index (χ3v) is 4.87. The van der Waals surface area contributed by atoms with E-state index in [0.717, 1.165) is 18.2 Å². The molecule has 0 aromatic heterocycles. The van der Waals surface area contributed by atoms with Crippen LogP contribution >= 0.6 is 0 Å². The van der Waals surface area contributed by atoms with Gasteiger partial charge in [0.15, 0.2) is 34.5 Å². The normalized spacial score (nSPS) is 10.1. The molecule has 0 saturated carbocycles. The predicted octanol–water partition coefficient (Wildman–Crippen LogP) is 4.50. The number of carboxylic acid groups (broad SMARTS) is 3. The van der Waals surface area contributed by atoms with Crippen molar-refractivity contribution in [3.63, 3.8) is 0 Å². The van der Waals surface area contributed by atoms with Crippen molar-refractivity contribution in [3.8, 4) is 34.5 Å². The smallest absolute Gasteiger partial charge is 0.328 e. The fraction of sp³-hybridized carbons (Fsp3) is 0.100. The van der Waals surface area contributed by atoms with E-state index in [2.05, 4.69) is 0 Å². The number of hydrogen-bond acceptors (Lipinski definition) is 9. The molecule has 3 aromatic rings. The van der Waals surface area contributed by atoms with E-state index in [9.17, 15) is 29.7 Å². The molecule has 0 atom stereocenters. The van der Waals surface area contributed by atoms with Crippen LogP contribution in [0.1, 0.15) is 16.7 Å². The average molecular weight is 721 g/mol. The Bertz CT molecular complexity index is 1290. The van der Waals surface area contributed by atoms with Gasteiger partial charge in [-0.25, -0.2) is 14.4 Å². The maximum absolute atomic E-state index is 10.2. The second kappa shape index (κ2) is 20.2. The minimum Gasteiger partial charge on any atom is -0.504 e. The van der Waals surface area contributed by atoms with Crippen LogP contribution in [-0.2, 0) is 14.4 Å². The summed E-state index contributed by atoms with van der Waals surface area (Å²) in [5.41, 5.74) is 1.96. The molecule has 0 unspecified atom stereocenters. The van der Waals surface area contributed by atoms with E-state index < -0.39 is 17.9 Å². The molecule has 0 spiro atoms. The summed E-state index contributed by atoms with van der Waals surface area (Å²) < 4.78 is 14.6. The van der Waals surface area contributed by atoms with Gasteiger partial charge in [0.05, 0.1) is 21.3 Å². The molecule has 43 heavy (non-hydrogen) atoms. The van der Waals surface area contributed by atoms with Crippen LogP contribution in [0, 0.1) is 35.6 Å². The standard InChI is InChI=1S/3C10H10O4.La/c3*1-14-9-6-7(2-4-8(9)11)3-5-10(12)13;/h3*2-6,11H,1H3,(H,12,13);/b3*5-3+;. The number of hydrogen-bond donors (Lipinski definition) is 6. The Kier molecular flexibility index (Phi) is 18.0. The second-order valence-electron chi connectivity index (χ2n) is 7.81. The Hall–Kier alpha value is -4.72. The van der Waals surface area contributed by atoms with Crippen LogP contribution in [0.25, 0.3) is 18.2 Å². The van der Waals surface area contributed by atoms with Crippen LogP contribution in [-0.4, -0.2) is 69.9 Å². The van der Waals surface area contributed by atoms with Crippen molar-refractivity contribution in [2.24, 2.45) is 0 Å². The molecular weight excluding hydrogens is 691 g/mol. The summed E-state index contributed by atoms with van der Waals surface area (Å²) in [6, 6.07) is 13.8. The van der Waals surface area contributed by atoms with Gasteiger partial charge in [0, 0.05) is 53.8 Å². The number of methoxy groups -OCH3 is 3. The van der Waals surface area contributed by atoms with Gasteiger partial charge < -0.3 is 44.8 Å². The molecule has 0 aliphatic rings. The van der Waals surface area contributed by atoms with Crippen molar-refractivity contribution in [3.05, 3.63) is 89.5 Å². The molecule has 0 amide bonds. The van der Waals surface area contributed by atoms with Gasteiger partial charge >= 0.3 is 17.9 Å². The molecule has 6 N–H and O–H groups in total. The number of aromatic hydroxyl groups is 3. The average Bonchev–Trinajstić information content (AvgIpc) is 2.96. The third kappa shape index (κ3) is 15.2. The first-order valence-corrected chi connectivity index (χ1v) is 11.7. The Morgan fingerprint density at radius 1 is 0.512 bits per heavy atom. The number of benzene rings is 3. The Morgan fingerprint density at radius 2 is 0.744 bits per heavy atom. The molecule has 0 aliphatic carbocycles. The first-order chi connectivity index (χ1) is 19.9. The van der Waals surface area contributed by atoms with Gasteiger partial charge in [0.25, 0.3) is 0 Å². The Morgan fingerprint density at radius 3 is 0.930 bits per heavy atom. The number of carbonyl (C=O) groups is 3. The molecule has 3 aromatic carbocycles. The summed E-state index contributed by atoms with van der Waals surface area (Å²) >= 11 is 0. The molecule has 13 heteroatoms. The van der Waals surface area contributed by atoms with E-state index >= 15 is 0 Å². The maximum Gasteiger partial charge on any atom is 0.328 e. The zero-order valence-electron chi connectivity index (χ0n) is 23.4. The fourth-order valence-corrected chi connectivity index (χ4v) is 2.90. The van der Waals surface area contributed by atoms with Gasteiger partial charge in [0.2, 0.25) is 0 Å². The second-order valence-corrected chi connectivity index (χ2v) is 7.81. The summed E-state index contributed by atoms with van der Waals surface area (Å²) in [5, 5.41) is 52.9. The van der Waals surface area contributed by atoms with Crippen LogP contribution in [0.4, 0.5) is 0 Å². The first-order valence-electron chi connectivity index (χ1n) is 11.7. The monoisotopic (exact) mass is 721 g/mol. The zero-order valence-corrected chi connectivity index (χ0v) is 27.0. The van der Waals surface area contributed by atoms with Crippen LogP contribution in [0.2, 0.25) is 0 Å². The van der Waals surface area contributed by atoms with Crippen LogP contribution < -0.4 is 14.2 Å². The van der Waals surface area contributed by atoms with E-state index in [1.54, 1.807) is 36.4 Å². The van der Waals surface area contributed by atoms with Gasteiger partial charge in [-0.2, -0.15) is 0 Å². The molecule has 1 radical (unpaired) electrons. The number of aliphatic carboxylic acids is 3. The Labute approximate surface area is 275 Å². The first kappa shape index (κ1) is 38.3. The van der Waals surface area contributed by atoms with Crippen molar-refractivity contribution in [1.29, 1.82) is 0 Å². The molecule has 3 rings (SSSR count). The molecule has 0 saturated heterocycles. The van der Waals surface area contributed by atoms with E-state index in [1.165, 1.54) is 57.8 Å². The number of rotatable bonds is 9. The molecule has 0 aliphatic heterocycles. The van der Waals surface area contributed by atoms with E-state index in [0.29, 0.717) is 33.9 Å². The van der Waals surface area contributed by atoms with E-state index in [-0.39, 0.29) is 52.8 Å². The SMILES string of the molecule is COc1cc(/C=C/C(=O)O)ccc1O.COc1cc(/C=C/C(=O)O)ccc1O.COc1cc(/C=C/C(=O)O)ccc1O.[La]. The van der Waals surface area contributed by atoms with Crippen LogP contribution in [0.5, 0.6) is 34.5 Å². The molecule has 0 bridgehead atoms. The summed E-state index contributed by atoms with van der Waals surface area (Å²) in [6.07, 6.45) is 7.32. The van der Waals surface area contributed by atoms with Gasteiger partial charge in [-0.05, 0) is 71.3 Å². The fourth-order valence-electron chi connectivity index (χ4n) is 2.90. The molecule has 0 fully saturated rings. The summed E-state index contributed by atoms with van der Waals surface area (Å²) in [4.78, 5) is 30.7. The predicted molar refractivity (Wildman–Crippen MR) is 154 cm³/mol. The zero-order chi connectivity index (χ0) is 31.7. The van der Waals surface area contributed by atoms with Crippen molar-refractivity contribution in [1.82, 2.24) is 0 Å². The number of phenolic OH excluding ortho intramolecular Hbond substituents is 3. The summed E-state index contributed by atoms with van der Waals surface area (Å²) in [5.74, 6) is -2.02. The number of carboxylic acids is 3. The minimum atomic E-state index is -1.02. The molecular formula is C30H30LaO12. The topological polar surface area (TPSA) is 200 Å². The van der Waals surface area contributed by atoms with E-state index in [1.807, 2.05) is 0 Å². The van der Waals surface area contributed by atoms with Gasteiger partial charge in [-0.1, -0.05) is 18.2 Å². The quantitative estimate of drug-likeness (QED) is 0.169. The summed E-state index contributed by atoms with van der Waals surface area (Å²) in [7, 11) is 4.29. The van der Waals surface area contributed by atoms with Crippen molar-refractivity contribution < 1.29 is 94.8 Å². The van der Waals surface area contributed by atoms with Crippen LogP contribution in [0.3, 0.4) is 0 Å². The number of phenols is 3. The third-order valence-electron chi connectivity index (χ3n) is 4.87. The van der Waals surface area contributed by atoms with Crippen molar-refractivity contribution in [2.45, 2.75) is 0 Å². The minimum absolute atomic E-state index is 0. The van der Waals surface area contributed by atoms with Crippen LogP contribution in [0.15, 0.2) is 72.8 Å². The van der Waals surface area contributed by atoms with Crippen molar-refractivity contribution in [2.75, 3.05) is 21.3 Å².